The Morgan fingerprint density at radius 1 is 1.25 bits per heavy atom. The molecule has 5 atom stereocenters. The fourth-order valence-corrected chi connectivity index (χ4v) is 6.36. The van der Waals surface area contributed by atoms with Crippen LogP contribution in [0.5, 0.6) is 0 Å². The van der Waals surface area contributed by atoms with Crippen LogP contribution in [-0.4, -0.2) is 42.0 Å². The van der Waals surface area contributed by atoms with Crippen molar-refractivity contribution in [1.29, 1.82) is 0 Å². The molecule has 1 saturated heterocycles. The Hall–Kier alpha value is -1.65. The van der Waals surface area contributed by atoms with E-state index in [1.54, 1.807) is 7.11 Å². The molecule has 0 spiro atoms. The lowest BCUT2D eigenvalue weighted by Crippen LogP contribution is -2.54. The first-order valence-electron chi connectivity index (χ1n) is 11.0. The Kier molecular flexibility index (Phi) is 4.59. The molecule has 2 aliphatic heterocycles. The number of aromatic nitrogens is 1. The summed E-state index contributed by atoms with van der Waals surface area (Å²) in [5.74, 6) is 1.60. The number of piperidine rings is 1. The van der Waals surface area contributed by atoms with E-state index in [4.69, 9.17) is 4.74 Å². The van der Waals surface area contributed by atoms with Gasteiger partial charge in [-0.1, -0.05) is 32.0 Å². The van der Waals surface area contributed by atoms with Gasteiger partial charge in [0.25, 0.3) is 0 Å². The molecule has 3 heterocycles. The molecule has 1 aromatic heterocycles. The number of methoxy groups -OCH3 is 1. The molecule has 150 valence electrons. The summed E-state index contributed by atoms with van der Waals surface area (Å²) in [6.45, 7) is 6.36. The minimum Gasteiger partial charge on any atom is -0.381 e. The van der Waals surface area contributed by atoms with Crippen LogP contribution in [0.2, 0.25) is 0 Å². The molecular formula is C24H32N2O2. The fraction of sp³-hybridized carbons (Fsp3) is 0.625. The zero-order valence-corrected chi connectivity index (χ0v) is 17.3. The average molecular weight is 381 g/mol. The van der Waals surface area contributed by atoms with Crippen LogP contribution in [0.3, 0.4) is 0 Å². The third-order valence-corrected chi connectivity index (χ3v) is 7.72. The first-order chi connectivity index (χ1) is 13.6. The number of H-pyrrole nitrogens is 1. The number of ether oxygens (including phenoxy) is 1. The molecule has 5 unspecified atom stereocenters. The van der Waals surface area contributed by atoms with E-state index in [1.807, 2.05) is 13.8 Å². The van der Waals surface area contributed by atoms with Gasteiger partial charge in [0.05, 0.1) is 12.1 Å². The van der Waals surface area contributed by atoms with Gasteiger partial charge in [-0.15, -0.1) is 0 Å². The van der Waals surface area contributed by atoms with Crippen molar-refractivity contribution in [3.05, 3.63) is 35.5 Å². The van der Waals surface area contributed by atoms with Gasteiger partial charge < -0.3 is 9.72 Å². The van der Waals surface area contributed by atoms with Gasteiger partial charge in [-0.25, -0.2) is 0 Å². The zero-order chi connectivity index (χ0) is 19.4. The minimum absolute atomic E-state index is 0.0562. The van der Waals surface area contributed by atoms with Gasteiger partial charge in [-0.05, 0) is 49.1 Å². The molecule has 1 N–H and O–H groups in total. The number of hydrogen-bond donors (Lipinski definition) is 1. The lowest BCUT2D eigenvalue weighted by Gasteiger charge is -2.52. The quantitative estimate of drug-likeness (QED) is 0.861. The smallest absolute Gasteiger partial charge is 0.141 e. The van der Waals surface area contributed by atoms with Crippen LogP contribution in [0.15, 0.2) is 24.3 Å². The average Bonchev–Trinajstić information content (AvgIpc) is 3.10. The molecule has 0 radical (unpaired) electrons. The number of nitrogens with one attached hydrogen (secondary N) is 1. The molecule has 0 bridgehead atoms. The van der Waals surface area contributed by atoms with E-state index in [0.717, 1.165) is 32.4 Å². The summed E-state index contributed by atoms with van der Waals surface area (Å²) in [6, 6.07) is 9.10. The van der Waals surface area contributed by atoms with E-state index in [2.05, 4.69) is 34.1 Å². The Bertz CT molecular complexity index is 886. The van der Waals surface area contributed by atoms with Crippen molar-refractivity contribution in [2.45, 2.75) is 51.7 Å². The molecule has 2 fully saturated rings. The molecule has 5 rings (SSSR count). The third kappa shape index (κ3) is 2.76. The standard InChI is InChI=1S/C24H32N2O2/c1-14(2)24(27)22-18-12-20-23-17(16-6-4-5-7-19(16)25-23)10-11-26(20)13-15(18)8-9-21(22)28-3/h4-7,14-15,18,20-22,25H,8-13H2,1-3H3. The molecule has 0 amide bonds. The summed E-state index contributed by atoms with van der Waals surface area (Å²) in [6.07, 6.45) is 4.51. The number of aromatic amines is 1. The molecule has 4 heteroatoms. The van der Waals surface area contributed by atoms with E-state index >= 15 is 0 Å². The normalized spacial score (nSPS) is 32.8. The number of rotatable bonds is 3. The van der Waals surface area contributed by atoms with Crippen LogP contribution in [0.4, 0.5) is 0 Å². The van der Waals surface area contributed by atoms with E-state index in [9.17, 15) is 4.79 Å². The predicted octanol–water partition coefficient (Wildman–Crippen LogP) is 4.35. The van der Waals surface area contributed by atoms with Gasteiger partial charge in [0.2, 0.25) is 0 Å². The van der Waals surface area contributed by atoms with E-state index in [1.165, 1.54) is 28.6 Å². The molecule has 4 nitrogen and oxygen atoms in total. The summed E-state index contributed by atoms with van der Waals surface area (Å²) in [7, 11) is 1.79. The van der Waals surface area contributed by atoms with E-state index in [-0.39, 0.29) is 17.9 Å². The topological polar surface area (TPSA) is 45.3 Å². The van der Waals surface area contributed by atoms with Crippen molar-refractivity contribution in [2.75, 3.05) is 20.2 Å². The summed E-state index contributed by atoms with van der Waals surface area (Å²) in [5.41, 5.74) is 4.16. The van der Waals surface area contributed by atoms with E-state index in [0.29, 0.717) is 23.7 Å². The predicted molar refractivity (Wildman–Crippen MR) is 111 cm³/mol. The van der Waals surface area contributed by atoms with Crippen molar-refractivity contribution >= 4 is 16.7 Å². The molecule has 2 aromatic rings. The molecule has 1 saturated carbocycles. The monoisotopic (exact) mass is 380 g/mol. The molecular weight excluding hydrogens is 348 g/mol. The number of benzene rings is 1. The Morgan fingerprint density at radius 3 is 2.86 bits per heavy atom. The van der Waals surface area contributed by atoms with Gasteiger partial charge in [0, 0.05) is 48.6 Å². The Balaban J connectivity index is 1.51. The van der Waals surface area contributed by atoms with Crippen molar-refractivity contribution in [3.63, 3.8) is 0 Å². The Labute approximate surface area is 167 Å². The van der Waals surface area contributed by atoms with E-state index < -0.39 is 0 Å². The van der Waals surface area contributed by atoms with Crippen LogP contribution < -0.4 is 0 Å². The van der Waals surface area contributed by atoms with Crippen LogP contribution in [0, 0.1) is 23.7 Å². The number of nitrogens with zero attached hydrogens (tertiary/aromatic N) is 1. The number of Topliss-reactive ketones (excluding diaryl/α,β-unsaturated/α-hetero) is 1. The SMILES string of the molecule is COC1CCC2CN3CCc4c([nH]c5ccccc45)C3CC2C1C(=O)C(C)C. The summed E-state index contributed by atoms with van der Waals surface area (Å²) < 4.78 is 5.84. The molecule has 1 aromatic carbocycles. The summed E-state index contributed by atoms with van der Waals surface area (Å²) >= 11 is 0. The first kappa shape index (κ1) is 18.4. The van der Waals surface area contributed by atoms with Crippen LogP contribution in [0.25, 0.3) is 10.9 Å². The number of fused-ring (bicyclic) bond motifs is 6. The number of ketones is 1. The highest BCUT2D eigenvalue weighted by Gasteiger charge is 2.49. The third-order valence-electron chi connectivity index (χ3n) is 7.72. The van der Waals surface area contributed by atoms with Crippen LogP contribution in [-0.2, 0) is 16.0 Å². The van der Waals surface area contributed by atoms with Gasteiger partial charge in [0.15, 0.2) is 0 Å². The second-order valence-electron chi connectivity index (χ2n) is 9.42. The van der Waals surface area contributed by atoms with Crippen molar-refractivity contribution < 1.29 is 9.53 Å². The first-order valence-corrected chi connectivity index (χ1v) is 11.0. The van der Waals surface area contributed by atoms with Gasteiger partial charge in [-0.2, -0.15) is 0 Å². The van der Waals surface area contributed by atoms with Gasteiger partial charge in [-0.3, -0.25) is 9.69 Å². The van der Waals surface area contributed by atoms with Gasteiger partial charge >= 0.3 is 0 Å². The summed E-state index contributed by atoms with van der Waals surface area (Å²) in [4.78, 5) is 19.6. The van der Waals surface area contributed by atoms with Crippen LogP contribution >= 0.6 is 0 Å². The molecule has 1 aliphatic carbocycles. The van der Waals surface area contributed by atoms with Crippen LogP contribution in [0.1, 0.15) is 50.4 Å². The maximum atomic E-state index is 13.2. The van der Waals surface area contributed by atoms with Crippen molar-refractivity contribution in [2.24, 2.45) is 23.7 Å². The lowest BCUT2D eigenvalue weighted by molar-refractivity contribution is -0.142. The second-order valence-corrected chi connectivity index (χ2v) is 9.42. The molecule has 28 heavy (non-hydrogen) atoms. The maximum absolute atomic E-state index is 13.2. The number of carbonyl (C=O) groups is 1. The fourth-order valence-electron chi connectivity index (χ4n) is 6.36. The minimum atomic E-state index is 0.0562. The van der Waals surface area contributed by atoms with Crippen molar-refractivity contribution in [3.8, 4) is 0 Å². The van der Waals surface area contributed by atoms with Gasteiger partial charge in [0.1, 0.15) is 5.78 Å². The number of para-hydroxylation sites is 1. The second kappa shape index (κ2) is 7.00. The molecule has 3 aliphatic rings. The van der Waals surface area contributed by atoms with Crippen molar-refractivity contribution in [1.82, 2.24) is 9.88 Å². The maximum Gasteiger partial charge on any atom is 0.141 e. The summed E-state index contributed by atoms with van der Waals surface area (Å²) in [5, 5.41) is 1.38. The largest absolute Gasteiger partial charge is 0.381 e. The Morgan fingerprint density at radius 2 is 2.07 bits per heavy atom. The highest BCUT2D eigenvalue weighted by molar-refractivity contribution is 5.85. The number of hydrogen-bond acceptors (Lipinski definition) is 3. The number of carbonyl (C=O) groups excluding carboxylic acids is 1. The highest BCUT2D eigenvalue weighted by atomic mass is 16.5. The highest BCUT2D eigenvalue weighted by Crippen LogP contribution is 2.50. The lowest BCUT2D eigenvalue weighted by atomic mass is 9.62. The zero-order valence-electron chi connectivity index (χ0n) is 17.3.